The highest BCUT2D eigenvalue weighted by atomic mass is 19.1. The average molecular weight is 219 g/mol. The zero-order valence-corrected chi connectivity index (χ0v) is 8.46. The van der Waals surface area contributed by atoms with Crippen LogP contribution in [0.1, 0.15) is 5.56 Å². The normalized spacial score (nSPS) is 13.6. The number of H-pyrrole nitrogens is 1. The zero-order chi connectivity index (χ0) is 11.1. The molecule has 1 aromatic carbocycles. The molecule has 82 valence electrons. The number of benzene rings is 1. The number of fused-ring (bicyclic) bond motifs is 1. The minimum Gasteiger partial charge on any atom is -0.492 e. The summed E-state index contributed by atoms with van der Waals surface area (Å²) in [5.74, 6) is 0.609. The number of halogens is 1. The Morgan fingerprint density at radius 1 is 1.44 bits per heavy atom. The largest absolute Gasteiger partial charge is 0.492 e. The Kier molecular flexibility index (Phi) is 1.86. The van der Waals surface area contributed by atoms with Crippen LogP contribution in [-0.4, -0.2) is 16.8 Å². The van der Waals surface area contributed by atoms with Crippen molar-refractivity contribution < 1.29 is 9.13 Å². The molecule has 0 unspecified atom stereocenters. The number of hydrogen-bond acceptors (Lipinski definition) is 3. The van der Waals surface area contributed by atoms with Gasteiger partial charge in [-0.3, -0.25) is 5.10 Å². The maximum absolute atomic E-state index is 13.8. The fraction of sp³-hybridized carbons (Fsp3) is 0.182. The third-order valence-electron chi connectivity index (χ3n) is 2.67. The molecule has 0 amide bonds. The van der Waals surface area contributed by atoms with Crippen molar-refractivity contribution in [1.82, 2.24) is 10.2 Å². The molecule has 2 heterocycles. The van der Waals surface area contributed by atoms with Crippen LogP contribution in [0.5, 0.6) is 5.75 Å². The first kappa shape index (κ1) is 9.21. The van der Waals surface area contributed by atoms with E-state index in [2.05, 4.69) is 10.2 Å². The number of nitrogen functional groups attached to an aromatic ring is 1. The molecule has 1 aliphatic heterocycles. The van der Waals surface area contributed by atoms with Crippen LogP contribution in [0.4, 0.5) is 10.2 Å². The summed E-state index contributed by atoms with van der Waals surface area (Å²) >= 11 is 0. The maximum Gasteiger partial charge on any atom is 0.145 e. The van der Waals surface area contributed by atoms with Gasteiger partial charge in [-0.1, -0.05) is 6.07 Å². The number of nitrogens with two attached hydrogens (primary N) is 1. The topological polar surface area (TPSA) is 63.9 Å². The van der Waals surface area contributed by atoms with E-state index in [1.54, 1.807) is 12.1 Å². The summed E-state index contributed by atoms with van der Waals surface area (Å²) in [6.45, 7) is 0.593. The summed E-state index contributed by atoms with van der Waals surface area (Å²) in [5.41, 5.74) is 7.49. The van der Waals surface area contributed by atoms with Crippen molar-refractivity contribution in [3.8, 4) is 17.0 Å². The maximum atomic E-state index is 13.8. The monoisotopic (exact) mass is 219 g/mol. The van der Waals surface area contributed by atoms with E-state index < -0.39 is 0 Å². The minimum absolute atomic E-state index is 0.329. The number of rotatable bonds is 1. The van der Waals surface area contributed by atoms with E-state index >= 15 is 0 Å². The predicted molar refractivity (Wildman–Crippen MR) is 57.6 cm³/mol. The molecule has 1 aliphatic rings. The van der Waals surface area contributed by atoms with Gasteiger partial charge in [-0.25, -0.2) is 4.39 Å². The molecule has 0 bridgehead atoms. The van der Waals surface area contributed by atoms with Crippen molar-refractivity contribution in [3.63, 3.8) is 0 Å². The Labute approximate surface area is 91.2 Å². The lowest BCUT2D eigenvalue weighted by molar-refractivity contribution is 0.356. The van der Waals surface area contributed by atoms with E-state index in [9.17, 15) is 4.39 Å². The highest BCUT2D eigenvalue weighted by Gasteiger charge is 2.22. The van der Waals surface area contributed by atoms with Gasteiger partial charge < -0.3 is 10.5 Å². The van der Waals surface area contributed by atoms with Crippen molar-refractivity contribution in [3.05, 3.63) is 29.6 Å². The van der Waals surface area contributed by atoms with Crippen LogP contribution in [0.2, 0.25) is 0 Å². The summed E-state index contributed by atoms with van der Waals surface area (Å²) in [6.07, 6.45) is 0.812. The summed E-state index contributed by atoms with van der Waals surface area (Å²) in [7, 11) is 0. The van der Waals surface area contributed by atoms with E-state index in [4.69, 9.17) is 10.5 Å². The second-order valence-electron chi connectivity index (χ2n) is 3.72. The summed E-state index contributed by atoms with van der Waals surface area (Å²) in [4.78, 5) is 0. The summed E-state index contributed by atoms with van der Waals surface area (Å²) < 4.78 is 19.2. The Morgan fingerprint density at radius 2 is 2.31 bits per heavy atom. The van der Waals surface area contributed by atoms with Crippen molar-refractivity contribution in [2.75, 3.05) is 12.3 Å². The molecule has 0 aliphatic carbocycles. The van der Waals surface area contributed by atoms with E-state index in [1.807, 2.05) is 0 Å². The van der Waals surface area contributed by atoms with Crippen LogP contribution in [0.15, 0.2) is 18.2 Å². The predicted octanol–water partition coefficient (Wildman–Crippen LogP) is 1.73. The van der Waals surface area contributed by atoms with E-state index in [-0.39, 0.29) is 5.82 Å². The second-order valence-corrected chi connectivity index (χ2v) is 3.72. The van der Waals surface area contributed by atoms with Gasteiger partial charge in [0.05, 0.1) is 17.9 Å². The molecule has 0 saturated heterocycles. The van der Waals surface area contributed by atoms with Crippen LogP contribution in [-0.2, 0) is 6.42 Å². The minimum atomic E-state index is -0.329. The molecule has 5 heteroatoms. The Hall–Kier alpha value is -2.04. The number of anilines is 1. The lowest BCUT2D eigenvalue weighted by Crippen LogP contribution is -1.91. The van der Waals surface area contributed by atoms with Gasteiger partial charge in [-0.2, -0.15) is 5.10 Å². The number of aromatic nitrogens is 2. The van der Waals surface area contributed by atoms with E-state index in [0.29, 0.717) is 29.4 Å². The number of nitrogens with one attached hydrogen (secondary N) is 1. The highest BCUT2D eigenvalue weighted by molar-refractivity contribution is 5.72. The van der Waals surface area contributed by atoms with Gasteiger partial charge in [-0.15, -0.1) is 0 Å². The van der Waals surface area contributed by atoms with Crippen LogP contribution in [0.3, 0.4) is 0 Å². The number of nitrogens with zero attached hydrogens (tertiary/aromatic N) is 1. The third-order valence-corrected chi connectivity index (χ3v) is 2.67. The first-order valence-electron chi connectivity index (χ1n) is 5.01. The number of ether oxygens (including phenoxy) is 1. The second kappa shape index (κ2) is 3.23. The van der Waals surface area contributed by atoms with Gasteiger partial charge in [0.1, 0.15) is 17.4 Å². The molecular formula is C11H10FN3O. The van der Waals surface area contributed by atoms with Gasteiger partial charge in [0, 0.05) is 12.5 Å². The Balaban J connectivity index is 2.23. The summed E-state index contributed by atoms with van der Waals surface area (Å²) in [5, 5.41) is 6.49. The first-order valence-corrected chi connectivity index (χ1v) is 5.01. The van der Waals surface area contributed by atoms with Gasteiger partial charge >= 0.3 is 0 Å². The molecule has 4 nitrogen and oxygen atoms in total. The van der Waals surface area contributed by atoms with Crippen LogP contribution >= 0.6 is 0 Å². The molecule has 3 N–H and O–H groups in total. The van der Waals surface area contributed by atoms with Crippen LogP contribution < -0.4 is 10.5 Å². The van der Waals surface area contributed by atoms with Gasteiger partial charge in [0.15, 0.2) is 0 Å². The first-order chi connectivity index (χ1) is 7.75. The molecule has 0 atom stereocenters. The number of hydrogen-bond donors (Lipinski definition) is 2. The Bertz CT molecular complexity index is 550. The zero-order valence-electron chi connectivity index (χ0n) is 8.46. The lowest BCUT2D eigenvalue weighted by Gasteiger charge is -2.06. The molecule has 16 heavy (non-hydrogen) atoms. The molecule has 0 fully saturated rings. The van der Waals surface area contributed by atoms with Gasteiger partial charge in [-0.05, 0) is 11.6 Å². The Morgan fingerprint density at radius 3 is 3.06 bits per heavy atom. The molecule has 0 spiro atoms. The molecule has 3 rings (SSSR count). The fourth-order valence-electron chi connectivity index (χ4n) is 1.94. The fourth-order valence-corrected chi connectivity index (χ4v) is 1.94. The van der Waals surface area contributed by atoms with E-state index in [0.717, 1.165) is 12.0 Å². The highest BCUT2D eigenvalue weighted by Crippen LogP contribution is 2.38. The van der Waals surface area contributed by atoms with Crippen molar-refractivity contribution >= 4 is 5.82 Å². The van der Waals surface area contributed by atoms with Gasteiger partial charge in [0.25, 0.3) is 0 Å². The quantitative estimate of drug-likeness (QED) is 0.767. The average Bonchev–Trinajstić information content (AvgIpc) is 2.86. The van der Waals surface area contributed by atoms with Crippen molar-refractivity contribution in [1.29, 1.82) is 0 Å². The SMILES string of the molecule is Nc1cc(-c2c(F)ccc3c2OCC3)[nH]n1. The van der Waals surface area contributed by atoms with Crippen LogP contribution in [0.25, 0.3) is 11.3 Å². The smallest absolute Gasteiger partial charge is 0.145 e. The third kappa shape index (κ3) is 1.25. The van der Waals surface area contributed by atoms with E-state index in [1.165, 1.54) is 6.07 Å². The van der Waals surface area contributed by atoms with Crippen molar-refractivity contribution in [2.45, 2.75) is 6.42 Å². The summed E-state index contributed by atoms with van der Waals surface area (Å²) in [6, 6.07) is 4.79. The molecule has 1 aromatic heterocycles. The molecule has 0 radical (unpaired) electrons. The van der Waals surface area contributed by atoms with Crippen molar-refractivity contribution in [2.24, 2.45) is 0 Å². The molecular weight excluding hydrogens is 209 g/mol. The standard InChI is InChI=1S/C11H10FN3O/c12-7-2-1-6-3-4-16-11(6)10(7)8-5-9(13)15-14-8/h1-2,5H,3-4H2,(H3,13,14,15). The molecule has 2 aromatic rings. The molecule has 0 saturated carbocycles. The van der Waals surface area contributed by atoms with Gasteiger partial charge in [0.2, 0.25) is 0 Å². The number of aromatic amines is 1. The lowest BCUT2D eigenvalue weighted by atomic mass is 10.1. The van der Waals surface area contributed by atoms with Crippen LogP contribution in [0, 0.1) is 5.82 Å².